The van der Waals surface area contributed by atoms with E-state index >= 15 is 0 Å². The van der Waals surface area contributed by atoms with Crippen molar-refractivity contribution in [2.45, 2.75) is 44.2 Å². The first-order valence-electron chi connectivity index (χ1n) is 9.06. The molecule has 5 nitrogen and oxygen atoms in total. The lowest BCUT2D eigenvalue weighted by Gasteiger charge is -2.27. The van der Waals surface area contributed by atoms with E-state index in [1.54, 1.807) is 0 Å². The normalized spacial score (nSPS) is 25.1. The third kappa shape index (κ3) is 2.11. The van der Waals surface area contributed by atoms with Crippen LogP contribution in [0.3, 0.4) is 0 Å². The van der Waals surface area contributed by atoms with Gasteiger partial charge in [-0.05, 0) is 44.2 Å². The minimum atomic E-state index is 0.398. The van der Waals surface area contributed by atoms with E-state index in [1.807, 2.05) is 0 Å². The van der Waals surface area contributed by atoms with Crippen LogP contribution < -0.4 is 16.0 Å². The smallest absolute Gasteiger partial charge is 0.222 e. The van der Waals surface area contributed by atoms with E-state index in [4.69, 9.17) is 10.7 Å². The van der Waals surface area contributed by atoms with Gasteiger partial charge in [0.1, 0.15) is 5.82 Å². The number of aromatic nitrogens is 2. The summed E-state index contributed by atoms with van der Waals surface area (Å²) >= 11 is 0. The molecule has 24 heavy (non-hydrogen) atoms. The predicted molar refractivity (Wildman–Crippen MR) is 96.1 cm³/mol. The molecule has 3 N–H and O–H groups in total. The third-order valence-corrected chi connectivity index (χ3v) is 5.81. The van der Waals surface area contributed by atoms with Crippen molar-refractivity contribution in [3.05, 3.63) is 35.4 Å². The van der Waals surface area contributed by atoms with Crippen LogP contribution in [0.25, 0.3) is 11.3 Å². The molecular weight excluding hydrogens is 298 g/mol. The van der Waals surface area contributed by atoms with Gasteiger partial charge in [0.2, 0.25) is 5.95 Å². The maximum atomic E-state index is 6.13. The quantitative estimate of drug-likeness (QED) is 0.842. The molecular formula is C19H23N5. The number of hydrogen-bond acceptors (Lipinski definition) is 5. The van der Waals surface area contributed by atoms with E-state index in [-0.39, 0.29) is 0 Å². The molecule has 0 saturated carbocycles. The monoisotopic (exact) mass is 321 g/mol. The van der Waals surface area contributed by atoms with Crippen LogP contribution in [-0.4, -0.2) is 35.1 Å². The van der Waals surface area contributed by atoms with Gasteiger partial charge in [-0.3, -0.25) is 0 Å². The molecule has 2 unspecified atom stereocenters. The minimum absolute atomic E-state index is 0.398. The number of nitrogen functional groups attached to an aromatic ring is 1. The molecule has 2 atom stereocenters. The second-order valence-corrected chi connectivity index (χ2v) is 7.14. The summed E-state index contributed by atoms with van der Waals surface area (Å²) in [5.74, 6) is 1.49. The molecule has 0 amide bonds. The molecule has 3 heterocycles. The Bertz CT molecular complexity index is 787. The lowest BCUT2D eigenvalue weighted by Crippen LogP contribution is -2.35. The van der Waals surface area contributed by atoms with Crippen molar-refractivity contribution in [1.29, 1.82) is 0 Å². The summed E-state index contributed by atoms with van der Waals surface area (Å²) in [5, 5.41) is 3.62. The number of rotatable bonds is 1. The van der Waals surface area contributed by atoms with Crippen LogP contribution in [0.2, 0.25) is 0 Å². The Kier molecular flexibility index (Phi) is 3.23. The number of hydrogen-bond donors (Lipinski definition) is 2. The van der Waals surface area contributed by atoms with E-state index in [0.29, 0.717) is 18.0 Å². The first-order chi connectivity index (χ1) is 11.8. The van der Waals surface area contributed by atoms with E-state index in [0.717, 1.165) is 43.9 Å². The number of nitrogens with two attached hydrogens (primary N) is 1. The van der Waals surface area contributed by atoms with Crippen LogP contribution >= 0.6 is 0 Å². The van der Waals surface area contributed by atoms with Crippen LogP contribution in [0.4, 0.5) is 11.8 Å². The Morgan fingerprint density at radius 1 is 1.12 bits per heavy atom. The van der Waals surface area contributed by atoms with Crippen LogP contribution in [0, 0.1) is 0 Å². The SMILES string of the molecule is Nc1nc2c(c(N3CCC4NCCC43)n1)CCCc1ccccc1-2. The van der Waals surface area contributed by atoms with Crippen molar-refractivity contribution < 1.29 is 0 Å². The standard InChI is InChI=1S/C19H23N5/c20-19-22-17-13-6-2-1-4-12(13)5-3-7-14(17)18(23-19)24-11-9-15-16(24)8-10-21-15/h1-2,4,6,15-16,21H,3,5,7-11H2,(H2,20,22,23). The van der Waals surface area contributed by atoms with Crippen molar-refractivity contribution in [1.82, 2.24) is 15.3 Å². The first-order valence-corrected chi connectivity index (χ1v) is 9.06. The molecule has 1 aliphatic carbocycles. The molecule has 1 aromatic carbocycles. The molecule has 0 radical (unpaired) electrons. The number of anilines is 2. The Labute approximate surface area is 142 Å². The Hall–Kier alpha value is -2.14. The topological polar surface area (TPSA) is 67.1 Å². The first kappa shape index (κ1) is 14.2. The summed E-state index contributed by atoms with van der Waals surface area (Å²) in [6.45, 7) is 2.17. The maximum Gasteiger partial charge on any atom is 0.222 e. The third-order valence-electron chi connectivity index (χ3n) is 5.81. The highest BCUT2D eigenvalue weighted by Gasteiger charge is 2.39. The summed E-state index contributed by atoms with van der Waals surface area (Å²) in [7, 11) is 0. The number of benzene rings is 1. The van der Waals surface area contributed by atoms with E-state index < -0.39 is 0 Å². The van der Waals surface area contributed by atoms with Crippen LogP contribution in [0.15, 0.2) is 24.3 Å². The van der Waals surface area contributed by atoms with Crippen molar-refractivity contribution in [2.24, 2.45) is 0 Å². The molecule has 2 aliphatic heterocycles. The van der Waals surface area contributed by atoms with Crippen LogP contribution in [-0.2, 0) is 12.8 Å². The summed E-state index contributed by atoms with van der Waals surface area (Å²) in [6, 6.07) is 9.77. The fourth-order valence-electron chi connectivity index (χ4n) is 4.73. The second kappa shape index (κ2) is 5.45. The molecule has 124 valence electrons. The summed E-state index contributed by atoms with van der Waals surface area (Å²) in [5.41, 5.74) is 11.1. The minimum Gasteiger partial charge on any atom is -0.368 e. The molecule has 3 aliphatic rings. The molecule has 2 aromatic rings. The highest BCUT2D eigenvalue weighted by atomic mass is 15.3. The molecule has 2 saturated heterocycles. The van der Waals surface area contributed by atoms with E-state index in [9.17, 15) is 0 Å². The Morgan fingerprint density at radius 3 is 3.00 bits per heavy atom. The lowest BCUT2D eigenvalue weighted by atomic mass is 10.0. The maximum absolute atomic E-state index is 6.13. The largest absolute Gasteiger partial charge is 0.368 e. The summed E-state index contributed by atoms with van der Waals surface area (Å²) < 4.78 is 0. The van der Waals surface area contributed by atoms with Gasteiger partial charge in [0.15, 0.2) is 0 Å². The van der Waals surface area contributed by atoms with Crippen LogP contribution in [0.1, 0.15) is 30.4 Å². The highest BCUT2D eigenvalue weighted by Crippen LogP contribution is 2.39. The summed E-state index contributed by atoms with van der Waals surface area (Å²) in [6.07, 6.45) is 5.66. The van der Waals surface area contributed by atoms with Crippen molar-refractivity contribution >= 4 is 11.8 Å². The number of aryl methyl sites for hydroxylation is 1. The fourth-order valence-corrected chi connectivity index (χ4v) is 4.73. The molecule has 2 fully saturated rings. The highest BCUT2D eigenvalue weighted by molar-refractivity contribution is 5.74. The lowest BCUT2D eigenvalue weighted by molar-refractivity contribution is 0.599. The Balaban J connectivity index is 1.67. The van der Waals surface area contributed by atoms with Gasteiger partial charge in [0.05, 0.1) is 5.69 Å². The van der Waals surface area contributed by atoms with Gasteiger partial charge in [-0.25, -0.2) is 4.98 Å². The van der Waals surface area contributed by atoms with Crippen molar-refractivity contribution in [3.63, 3.8) is 0 Å². The van der Waals surface area contributed by atoms with Crippen molar-refractivity contribution in [3.8, 4) is 11.3 Å². The molecule has 1 aromatic heterocycles. The predicted octanol–water partition coefficient (Wildman–Crippen LogP) is 2.16. The van der Waals surface area contributed by atoms with Crippen molar-refractivity contribution in [2.75, 3.05) is 23.7 Å². The zero-order valence-electron chi connectivity index (χ0n) is 13.8. The van der Waals surface area contributed by atoms with E-state index in [2.05, 4.69) is 39.5 Å². The van der Waals surface area contributed by atoms with Gasteiger partial charge in [0.25, 0.3) is 0 Å². The average Bonchev–Trinajstić information content (AvgIpc) is 3.15. The molecule has 0 spiro atoms. The summed E-state index contributed by atoms with van der Waals surface area (Å²) in [4.78, 5) is 11.9. The molecule has 5 rings (SSSR count). The second-order valence-electron chi connectivity index (χ2n) is 7.14. The average molecular weight is 321 g/mol. The zero-order valence-corrected chi connectivity index (χ0v) is 13.8. The van der Waals surface area contributed by atoms with Gasteiger partial charge < -0.3 is 16.0 Å². The number of nitrogens with one attached hydrogen (secondary N) is 1. The van der Waals surface area contributed by atoms with Gasteiger partial charge in [-0.1, -0.05) is 24.3 Å². The fraction of sp³-hybridized carbons (Fsp3) is 0.474. The van der Waals surface area contributed by atoms with Gasteiger partial charge in [-0.15, -0.1) is 0 Å². The van der Waals surface area contributed by atoms with Gasteiger partial charge in [0, 0.05) is 29.8 Å². The Morgan fingerprint density at radius 2 is 2.04 bits per heavy atom. The van der Waals surface area contributed by atoms with Gasteiger partial charge in [-0.2, -0.15) is 4.98 Å². The van der Waals surface area contributed by atoms with Crippen LogP contribution in [0.5, 0.6) is 0 Å². The van der Waals surface area contributed by atoms with Gasteiger partial charge >= 0.3 is 0 Å². The molecule has 5 heteroatoms. The molecule has 0 bridgehead atoms. The van der Waals surface area contributed by atoms with E-state index in [1.165, 1.54) is 29.5 Å². The number of nitrogens with zero attached hydrogens (tertiary/aromatic N) is 3. The number of fused-ring (bicyclic) bond motifs is 4. The zero-order chi connectivity index (χ0) is 16.1.